The minimum atomic E-state index is -3.71. The lowest BCUT2D eigenvalue weighted by Crippen LogP contribution is -2.40. The molecule has 26 heavy (non-hydrogen) atoms. The fraction of sp³-hybridized carbons (Fsp3) is 0.200. The van der Waals surface area contributed by atoms with Gasteiger partial charge in [-0.3, -0.25) is 0 Å². The Morgan fingerprint density at radius 1 is 1.04 bits per heavy atom. The first kappa shape index (κ1) is 18.9. The lowest BCUT2D eigenvalue weighted by molar-refractivity contribution is 0.00699. The van der Waals surface area contributed by atoms with Crippen molar-refractivity contribution in [3.8, 4) is 0 Å². The number of ether oxygens (including phenoxy) is 1. The molecule has 0 heterocycles. The number of hydrogen-bond acceptors (Lipinski definition) is 3. The van der Waals surface area contributed by atoms with Crippen LogP contribution >= 0.6 is 11.6 Å². The summed E-state index contributed by atoms with van der Waals surface area (Å²) in [6, 6.07) is 19.8. The van der Waals surface area contributed by atoms with E-state index in [9.17, 15) is 8.42 Å². The van der Waals surface area contributed by atoms with Crippen molar-refractivity contribution >= 4 is 32.4 Å². The molecule has 0 saturated heterocycles. The molecule has 0 amide bonds. The van der Waals surface area contributed by atoms with E-state index in [4.69, 9.17) is 16.3 Å². The average molecular weight is 390 g/mol. The molecular formula is C20H20ClNO3S. The van der Waals surface area contributed by atoms with Gasteiger partial charge in [0.05, 0.1) is 4.90 Å². The largest absolute Gasteiger partial charge is 0.372 e. The van der Waals surface area contributed by atoms with Crippen LogP contribution in [0, 0.1) is 0 Å². The van der Waals surface area contributed by atoms with Gasteiger partial charge >= 0.3 is 0 Å². The first-order valence-electron chi connectivity index (χ1n) is 8.14. The second kappa shape index (κ2) is 7.37. The van der Waals surface area contributed by atoms with Crippen LogP contribution in [0.3, 0.4) is 0 Å². The molecule has 0 aliphatic heterocycles. The molecule has 0 spiro atoms. The average Bonchev–Trinajstić information content (AvgIpc) is 2.65. The SMILES string of the molecule is COC(C)(CNS(=O)(=O)c1cccc2ccccc12)c1cccc(Cl)c1. The van der Waals surface area contributed by atoms with Crippen LogP contribution in [-0.4, -0.2) is 22.1 Å². The Hall–Kier alpha value is -1.92. The maximum Gasteiger partial charge on any atom is 0.241 e. The van der Waals surface area contributed by atoms with E-state index in [2.05, 4.69) is 4.72 Å². The zero-order chi connectivity index (χ0) is 18.8. The summed E-state index contributed by atoms with van der Waals surface area (Å²) in [7, 11) is -2.16. The molecule has 4 nitrogen and oxygen atoms in total. The van der Waals surface area contributed by atoms with Gasteiger partial charge in [0, 0.05) is 24.1 Å². The molecule has 0 radical (unpaired) electrons. The monoisotopic (exact) mass is 389 g/mol. The summed E-state index contributed by atoms with van der Waals surface area (Å²) >= 11 is 6.06. The molecule has 6 heteroatoms. The zero-order valence-electron chi connectivity index (χ0n) is 14.6. The van der Waals surface area contributed by atoms with Crippen molar-refractivity contribution in [2.24, 2.45) is 0 Å². The van der Waals surface area contributed by atoms with Crippen LogP contribution in [0.2, 0.25) is 5.02 Å². The number of halogens is 1. The quantitative estimate of drug-likeness (QED) is 0.682. The molecular weight excluding hydrogens is 370 g/mol. The number of benzene rings is 3. The number of sulfonamides is 1. The lowest BCUT2D eigenvalue weighted by atomic mass is 9.96. The summed E-state index contributed by atoms with van der Waals surface area (Å²) in [5.74, 6) is 0. The lowest BCUT2D eigenvalue weighted by Gasteiger charge is -2.29. The topological polar surface area (TPSA) is 55.4 Å². The summed E-state index contributed by atoms with van der Waals surface area (Å²) in [5, 5.41) is 2.13. The van der Waals surface area contributed by atoms with Gasteiger partial charge < -0.3 is 4.74 Å². The Morgan fingerprint density at radius 2 is 1.73 bits per heavy atom. The predicted molar refractivity (Wildman–Crippen MR) is 105 cm³/mol. The van der Waals surface area contributed by atoms with E-state index in [-0.39, 0.29) is 11.4 Å². The Kier molecular flexibility index (Phi) is 5.34. The fourth-order valence-electron chi connectivity index (χ4n) is 2.85. The summed E-state index contributed by atoms with van der Waals surface area (Å²) in [5.41, 5.74) is -0.0455. The molecule has 0 aromatic heterocycles. The van der Waals surface area contributed by atoms with Gasteiger partial charge in [-0.05, 0) is 36.1 Å². The van der Waals surface area contributed by atoms with Crippen LogP contribution in [0.1, 0.15) is 12.5 Å². The molecule has 3 aromatic rings. The number of fused-ring (bicyclic) bond motifs is 1. The Bertz CT molecular complexity index is 1030. The van der Waals surface area contributed by atoms with E-state index >= 15 is 0 Å². The van der Waals surface area contributed by atoms with Gasteiger partial charge in [-0.2, -0.15) is 0 Å². The fourth-order valence-corrected chi connectivity index (χ4v) is 4.39. The smallest absolute Gasteiger partial charge is 0.241 e. The number of nitrogens with one attached hydrogen (secondary N) is 1. The Labute approximate surface area is 158 Å². The minimum absolute atomic E-state index is 0.0788. The highest BCUT2D eigenvalue weighted by molar-refractivity contribution is 7.89. The third-order valence-electron chi connectivity index (χ3n) is 4.52. The van der Waals surface area contributed by atoms with Crippen LogP contribution < -0.4 is 4.72 Å². The first-order chi connectivity index (χ1) is 12.4. The molecule has 136 valence electrons. The highest BCUT2D eigenvalue weighted by Crippen LogP contribution is 2.28. The minimum Gasteiger partial charge on any atom is -0.372 e. The first-order valence-corrected chi connectivity index (χ1v) is 10.0. The molecule has 1 unspecified atom stereocenters. The van der Waals surface area contributed by atoms with Gasteiger partial charge in [0.15, 0.2) is 0 Å². The summed E-state index contributed by atoms with van der Waals surface area (Å²) in [6.45, 7) is 1.90. The van der Waals surface area contributed by atoms with Crippen molar-refractivity contribution in [3.05, 3.63) is 77.3 Å². The summed E-state index contributed by atoms with van der Waals surface area (Å²) in [6.07, 6.45) is 0. The van der Waals surface area contributed by atoms with Crippen LogP contribution in [0.25, 0.3) is 10.8 Å². The van der Waals surface area contributed by atoms with Crippen LogP contribution in [0.15, 0.2) is 71.6 Å². The maximum atomic E-state index is 12.9. The highest BCUT2D eigenvalue weighted by atomic mass is 35.5. The molecule has 0 bridgehead atoms. The molecule has 3 rings (SSSR count). The number of methoxy groups -OCH3 is 1. The van der Waals surface area contributed by atoms with Crippen molar-refractivity contribution in [3.63, 3.8) is 0 Å². The van der Waals surface area contributed by atoms with Crippen molar-refractivity contribution in [2.45, 2.75) is 17.4 Å². The molecule has 3 aromatic carbocycles. The van der Waals surface area contributed by atoms with Gasteiger partial charge in [0.25, 0.3) is 0 Å². The van der Waals surface area contributed by atoms with Crippen molar-refractivity contribution in [1.29, 1.82) is 0 Å². The number of rotatable bonds is 6. The van der Waals surface area contributed by atoms with E-state index < -0.39 is 15.6 Å². The van der Waals surface area contributed by atoms with Crippen LogP contribution in [0.5, 0.6) is 0 Å². The van der Waals surface area contributed by atoms with Gasteiger partial charge in [-0.1, -0.05) is 60.1 Å². The third kappa shape index (κ3) is 3.76. The molecule has 0 fully saturated rings. The van der Waals surface area contributed by atoms with Gasteiger partial charge in [-0.15, -0.1) is 0 Å². The summed E-state index contributed by atoms with van der Waals surface area (Å²) in [4.78, 5) is 0.250. The molecule has 0 aliphatic rings. The zero-order valence-corrected chi connectivity index (χ0v) is 16.1. The van der Waals surface area contributed by atoms with E-state index in [1.54, 1.807) is 37.4 Å². The normalized spacial score (nSPS) is 14.3. The van der Waals surface area contributed by atoms with E-state index in [0.717, 1.165) is 10.9 Å². The molecule has 1 atom stereocenters. The second-order valence-electron chi connectivity index (χ2n) is 6.25. The van der Waals surface area contributed by atoms with E-state index in [1.807, 2.05) is 43.3 Å². The highest BCUT2D eigenvalue weighted by Gasteiger charge is 2.29. The molecule has 0 saturated carbocycles. The predicted octanol–water partition coefficient (Wildman–Crippen LogP) is 4.33. The van der Waals surface area contributed by atoms with Gasteiger partial charge in [0.2, 0.25) is 10.0 Å². The van der Waals surface area contributed by atoms with Gasteiger partial charge in [-0.25, -0.2) is 13.1 Å². The number of hydrogen-bond donors (Lipinski definition) is 1. The Morgan fingerprint density at radius 3 is 2.46 bits per heavy atom. The summed E-state index contributed by atoms with van der Waals surface area (Å²) < 4.78 is 34.1. The third-order valence-corrected chi connectivity index (χ3v) is 6.22. The Balaban J connectivity index is 1.92. The van der Waals surface area contributed by atoms with Gasteiger partial charge in [0.1, 0.15) is 5.60 Å². The molecule has 0 aliphatic carbocycles. The van der Waals surface area contributed by atoms with Crippen molar-refractivity contribution in [1.82, 2.24) is 4.72 Å². The van der Waals surface area contributed by atoms with Crippen LogP contribution in [-0.2, 0) is 20.4 Å². The maximum absolute atomic E-state index is 12.9. The standard InChI is InChI=1S/C20H20ClNO3S/c1-20(25-2,16-9-6-10-17(21)13-16)14-22-26(23,24)19-12-5-8-15-7-3-4-11-18(15)19/h3-13,22H,14H2,1-2H3. The van der Waals surface area contributed by atoms with Crippen molar-refractivity contribution in [2.75, 3.05) is 13.7 Å². The van der Waals surface area contributed by atoms with E-state index in [1.165, 1.54) is 0 Å². The van der Waals surface area contributed by atoms with E-state index in [0.29, 0.717) is 10.4 Å². The van der Waals surface area contributed by atoms with Crippen LogP contribution in [0.4, 0.5) is 0 Å². The molecule has 1 N–H and O–H groups in total. The van der Waals surface area contributed by atoms with Crippen molar-refractivity contribution < 1.29 is 13.2 Å². The second-order valence-corrected chi connectivity index (χ2v) is 8.42.